The van der Waals surface area contributed by atoms with Crippen molar-refractivity contribution < 1.29 is 19.8 Å². The van der Waals surface area contributed by atoms with Crippen molar-refractivity contribution in [2.45, 2.75) is 19.3 Å². The lowest BCUT2D eigenvalue weighted by Crippen LogP contribution is -2.24. The van der Waals surface area contributed by atoms with E-state index in [4.69, 9.17) is 12.8 Å². The smallest absolute Gasteiger partial charge is 0.336 e. The maximum absolute atomic E-state index is 11.5. The summed E-state index contributed by atoms with van der Waals surface area (Å²) in [6, 6.07) is 18.0. The largest absolute Gasteiger partial charge is 0.478 e. The van der Waals surface area contributed by atoms with Crippen LogP contribution in [0.5, 0.6) is 0 Å². The Hall–Kier alpha value is -4.28. The SMILES string of the molecule is C#Cc1c(C(=O)O)cccc1C(C)(C)c1cccc(C(=O)O)c1C#C.c1cc2ccc1-2. The number of fused-ring (bicyclic) bond motifs is 1. The van der Waals surface area contributed by atoms with Gasteiger partial charge in [0, 0.05) is 16.5 Å². The van der Waals surface area contributed by atoms with E-state index in [-0.39, 0.29) is 22.3 Å². The van der Waals surface area contributed by atoms with Crippen molar-refractivity contribution in [2.75, 3.05) is 0 Å². The van der Waals surface area contributed by atoms with Gasteiger partial charge in [-0.15, -0.1) is 12.8 Å². The molecule has 2 aliphatic carbocycles. The third-order valence-corrected chi connectivity index (χ3v) is 5.44. The van der Waals surface area contributed by atoms with Crippen LogP contribution in [0.25, 0.3) is 11.1 Å². The quantitative estimate of drug-likeness (QED) is 0.464. The lowest BCUT2D eigenvalue weighted by Gasteiger charge is -2.29. The van der Waals surface area contributed by atoms with Gasteiger partial charge in [-0.2, -0.15) is 0 Å². The standard InChI is InChI=1S/C21H16O4.C6H4/c1-5-13-15(19(22)23)9-7-11-17(13)21(3,4)18-12-8-10-16(20(24)25)14(18)6-2;1-2-6-4-3-5(1)6/h1-2,7-12H,3-4H3,(H,22,23)(H,24,25);1-4H. The zero-order valence-electron chi connectivity index (χ0n) is 17.1. The van der Waals surface area contributed by atoms with Gasteiger partial charge in [0.05, 0.1) is 11.1 Å². The molecule has 152 valence electrons. The van der Waals surface area contributed by atoms with Gasteiger partial charge in [0.2, 0.25) is 0 Å². The number of carboxylic acids is 2. The fraction of sp³-hybridized carbons (Fsp3) is 0.111. The Kier molecular flexibility index (Phi) is 5.68. The molecule has 0 amide bonds. The molecule has 4 heteroatoms. The van der Waals surface area contributed by atoms with E-state index < -0.39 is 17.4 Å². The maximum Gasteiger partial charge on any atom is 0.336 e. The summed E-state index contributed by atoms with van der Waals surface area (Å²) in [5, 5.41) is 18.7. The molecule has 0 radical (unpaired) electrons. The van der Waals surface area contributed by atoms with Crippen LogP contribution in [0.1, 0.15) is 56.8 Å². The second-order valence-corrected chi connectivity index (χ2v) is 7.56. The van der Waals surface area contributed by atoms with Crippen LogP contribution in [0.4, 0.5) is 0 Å². The highest BCUT2D eigenvalue weighted by Crippen LogP contribution is 2.37. The Labute approximate surface area is 181 Å². The average Bonchev–Trinajstić information content (AvgIpc) is 2.75. The first kappa shape index (κ1) is 21.4. The molecular weight excluding hydrogens is 388 g/mol. The molecule has 0 spiro atoms. The lowest BCUT2D eigenvalue weighted by molar-refractivity contribution is 0.0685. The van der Waals surface area contributed by atoms with Gasteiger partial charge in [-0.3, -0.25) is 0 Å². The first-order valence-corrected chi connectivity index (χ1v) is 9.49. The molecule has 4 nitrogen and oxygen atoms in total. The number of rotatable bonds is 4. The maximum atomic E-state index is 11.5. The molecule has 0 saturated carbocycles. The highest BCUT2D eigenvalue weighted by atomic mass is 16.4. The minimum absolute atomic E-state index is 0.0183. The summed E-state index contributed by atoms with van der Waals surface area (Å²) in [4.78, 5) is 22.9. The summed E-state index contributed by atoms with van der Waals surface area (Å²) in [5.41, 5.74) is 3.79. The lowest BCUT2D eigenvalue weighted by atomic mass is 9.73. The number of aromatic carboxylic acids is 2. The molecule has 0 saturated heterocycles. The van der Waals surface area contributed by atoms with Crippen LogP contribution in [0.2, 0.25) is 0 Å². The Morgan fingerprint density at radius 2 is 1.06 bits per heavy atom. The van der Waals surface area contributed by atoms with Crippen molar-refractivity contribution in [1.82, 2.24) is 0 Å². The summed E-state index contributed by atoms with van der Waals surface area (Å²) in [6.45, 7) is 3.66. The Balaban J connectivity index is 0.000000381. The van der Waals surface area contributed by atoms with Gasteiger partial charge >= 0.3 is 11.9 Å². The van der Waals surface area contributed by atoms with Crippen LogP contribution < -0.4 is 0 Å². The average molecular weight is 408 g/mol. The molecule has 0 heterocycles. The molecule has 31 heavy (non-hydrogen) atoms. The molecule has 0 aromatic heterocycles. The highest BCUT2D eigenvalue weighted by Gasteiger charge is 2.31. The van der Waals surface area contributed by atoms with Crippen LogP contribution in [-0.4, -0.2) is 22.2 Å². The topological polar surface area (TPSA) is 74.6 Å². The number of benzene rings is 3. The molecule has 2 aromatic rings. The molecule has 2 N–H and O–H groups in total. The van der Waals surface area contributed by atoms with Gasteiger partial charge in [0.1, 0.15) is 0 Å². The van der Waals surface area contributed by atoms with Crippen molar-refractivity contribution in [3.8, 4) is 35.8 Å². The minimum Gasteiger partial charge on any atom is -0.478 e. The molecule has 0 bridgehead atoms. The molecule has 0 aliphatic heterocycles. The summed E-state index contributed by atoms with van der Waals surface area (Å²) < 4.78 is 0. The van der Waals surface area contributed by atoms with Crippen molar-refractivity contribution in [3.05, 3.63) is 94.0 Å². The number of hydrogen-bond donors (Lipinski definition) is 2. The highest BCUT2D eigenvalue weighted by molar-refractivity contribution is 5.92. The van der Waals surface area contributed by atoms with Crippen LogP contribution in [-0.2, 0) is 5.41 Å². The molecule has 0 unspecified atom stereocenters. The second-order valence-electron chi connectivity index (χ2n) is 7.56. The van der Waals surface area contributed by atoms with Gasteiger partial charge in [0.15, 0.2) is 0 Å². The zero-order chi connectivity index (χ0) is 22.8. The Bertz CT molecular complexity index is 1170. The van der Waals surface area contributed by atoms with E-state index in [0.717, 1.165) is 0 Å². The molecular formula is C27H20O4. The van der Waals surface area contributed by atoms with Crippen molar-refractivity contribution in [2.24, 2.45) is 0 Å². The number of carboxylic acid groups (broad SMARTS) is 2. The Morgan fingerprint density at radius 1 is 0.710 bits per heavy atom. The van der Waals surface area contributed by atoms with E-state index in [1.165, 1.54) is 23.3 Å². The van der Waals surface area contributed by atoms with E-state index in [0.29, 0.717) is 11.1 Å². The summed E-state index contributed by atoms with van der Waals surface area (Å²) >= 11 is 0. The second kappa shape index (κ2) is 8.22. The van der Waals surface area contributed by atoms with Crippen LogP contribution in [0.3, 0.4) is 0 Å². The summed E-state index contributed by atoms with van der Waals surface area (Å²) in [7, 11) is 0. The first-order chi connectivity index (χ1) is 14.7. The summed E-state index contributed by atoms with van der Waals surface area (Å²) in [6.07, 6.45) is 11.1. The van der Waals surface area contributed by atoms with Gasteiger partial charge < -0.3 is 10.2 Å². The number of carbonyl (C=O) groups is 2. The van der Waals surface area contributed by atoms with E-state index in [9.17, 15) is 19.8 Å². The van der Waals surface area contributed by atoms with E-state index in [2.05, 4.69) is 36.1 Å². The molecule has 0 atom stereocenters. The monoisotopic (exact) mass is 408 g/mol. The third kappa shape index (κ3) is 3.80. The first-order valence-electron chi connectivity index (χ1n) is 9.49. The number of hydrogen-bond acceptors (Lipinski definition) is 2. The molecule has 4 rings (SSSR count). The van der Waals surface area contributed by atoms with Gasteiger partial charge in [0.25, 0.3) is 0 Å². The predicted octanol–water partition coefficient (Wildman–Crippen LogP) is 5.04. The van der Waals surface area contributed by atoms with Gasteiger partial charge in [-0.1, -0.05) is 74.2 Å². The van der Waals surface area contributed by atoms with Crippen LogP contribution in [0.15, 0.2) is 60.7 Å². The van der Waals surface area contributed by atoms with E-state index in [1.807, 2.05) is 13.8 Å². The van der Waals surface area contributed by atoms with Crippen molar-refractivity contribution in [1.29, 1.82) is 0 Å². The van der Waals surface area contributed by atoms with Crippen molar-refractivity contribution >= 4 is 11.9 Å². The van der Waals surface area contributed by atoms with Crippen LogP contribution >= 0.6 is 0 Å². The predicted molar refractivity (Wildman–Crippen MR) is 120 cm³/mol. The zero-order valence-corrected chi connectivity index (χ0v) is 17.1. The Morgan fingerprint density at radius 3 is 1.29 bits per heavy atom. The van der Waals surface area contributed by atoms with E-state index in [1.54, 1.807) is 24.3 Å². The van der Waals surface area contributed by atoms with Gasteiger partial charge in [-0.25, -0.2) is 9.59 Å². The van der Waals surface area contributed by atoms with Crippen molar-refractivity contribution in [3.63, 3.8) is 0 Å². The fourth-order valence-electron chi connectivity index (χ4n) is 3.62. The molecule has 0 fully saturated rings. The van der Waals surface area contributed by atoms with Crippen LogP contribution in [0, 0.1) is 24.7 Å². The normalized spacial score (nSPS) is 10.7. The molecule has 2 aromatic carbocycles. The number of terminal acetylenes is 2. The minimum atomic E-state index is -1.12. The molecule has 2 aliphatic rings. The van der Waals surface area contributed by atoms with E-state index >= 15 is 0 Å². The van der Waals surface area contributed by atoms with Gasteiger partial charge in [-0.05, 0) is 34.4 Å². The fourth-order valence-corrected chi connectivity index (χ4v) is 3.62. The third-order valence-electron chi connectivity index (χ3n) is 5.44. The summed E-state index contributed by atoms with van der Waals surface area (Å²) in [5.74, 6) is 2.65.